The molecule has 3 aliphatic heterocycles. The van der Waals surface area contributed by atoms with Crippen molar-refractivity contribution in [2.24, 2.45) is 0 Å². The average Bonchev–Trinajstić information content (AvgIpc) is 3.15. The van der Waals surface area contributed by atoms with Crippen LogP contribution in [-0.2, 0) is 4.79 Å². The minimum absolute atomic E-state index is 0.0182. The van der Waals surface area contributed by atoms with E-state index in [0.29, 0.717) is 24.5 Å². The van der Waals surface area contributed by atoms with Crippen molar-refractivity contribution >= 4 is 11.7 Å². The number of nitrogens with zero attached hydrogens (tertiary/aromatic N) is 3. The van der Waals surface area contributed by atoms with Gasteiger partial charge in [0.05, 0.1) is 19.2 Å². The number of Topliss-reactive ketones (excluding diaryl/α,β-unsaturated/α-hetero) is 1. The summed E-state index contributed by atoms with van der Waals surface area (Å²) in [5, 5.41) is 8.67. The first-order valence-corrected chi connectivity index (χ1v) is 12.7. The lowest BCUT2D eigenvalue weighted by Crippen LogP contribution is -2.62. The van der Waals surface area contributed by atoms with Gasteiger partial charge in [-0.05, 0) is 38.1 Å². The van der Waals surface area contributed by atoms with E-state index in [2.05, 4.69) is 39.7 Å². The maximum absolute atomic E-state index is 13.2. The lowest BCUT2D eigenvalue weighted by Gasteiger charge is -2.37. The Bertz CT molecular complexity index is 872. The maximum atomic E-state index is 13.2. The molecule has 0 radical (unpaired) electrons. The van der Waals surface area contributed by atoms with Gasteiger partial charge in [0.15, 0.2) is 5.78 Å². The van der Waals surface area contributed by atoms with Crippen molar-refractivity contribution in [3.05, 3.63) is 29.3 Å². The number of rotatable bonds is 9. The second-order valence-corrected chi connectivity index (χ2v) is 9.53. The van der Waals surface area contributed by atoms with E-state index in [1.165, 1.54) is 0 Å². The molecule has 4 rings (SSSR count). The summed E-state index contributed by atoms with van der Waals surface area (Å²) >= 11 is 0. The number of carbonyl (C=O) groups is 2. The van der Waals surface area contributed by atoms with Crippen LogP contribution in [0.2, 0.25) is 0 Å². The molecule has 3 heterocycles. The fourth-order valence-electron chi connectivity index (χ4n) is 5.41. The van der Waals surface area contributed by atoms with Crippen LogP contribution in [-0.4, -0.2) is 97.5 Å². The van der Waals surface area contributed by atoms with Gasteiger partial charge in [-0.3, -0.25) is 19.8 Å². The molecule has 3 saturated heterocycles. The predicted octanol–water partition coefficient (Wildman–Crippen LogP) is 0.979. The number of nitrogens with one attached hydrogen (secondary N) is 3. The minimum Gasteiger partial charge on any atom is -0.493 e. The molecular formula is C25H40N6O3. The molecule has 0 aromatic heterocycles. The number of hydrazine groups is 1. The smallest absolute Gasteiger partial charge is 0.241 e. The molecule has 4 atom stereocenters. The van der Waals surface area contributed by atoms with Gasteiger partial charge in [0.2, 0.25) is 5.91 Å². The Hall–Kier alpha value is -2.04. The molecule has 1 amide bonds. The Morgan fingerprint density at radius 2 is 1.85 bits per heavy atom. The Labute approximate surface area is 203 Å². The molecule has 0 aliphatic carbocycles. The highest BCUT2D eigenvalue weighted by molar-refractivity contribution is 5.98. The van der Waals surface area contributed by atoms with E-state index in [9.17, 15) is 9.59 Å². The monoisotopic (exact) mass is 472 g/mol. The largest absolute Gasteiger partial charge is 0.493 e. The Kier molecular flexibility index (Phi) is 8.21. The number of amides is 1. The Morgan fingerprint density at radius 1 is 1.12 bits per heavy atom. The Balaban J connectivity index is 1.53. The highest BCUT2D eigenvalue weighted by Gasteiger charge is 2.48. The van der Waals surface area contributed by atoms with E-state index in [1.54, 1.807) is 0 Å². The summed E-state index contributed by atoms with van der Waals surface area (Å²) in [6, 6.07) is 5.49. The third kappa shape index (κ3) is 5.28. The summed E-state index contributed by atoms with van der Waals surface area (Å²) in [5.41, 5.74) is 4.90. The molecule has 3 fully saturated rings. The molecular weight excluding hydrogens is 432 g/mol. The zero-order valence-corrected chi connectivity index (χ0v) is 21.0. The van der Waals surface area contributed by atoms with Gasteiger partial charge in [-0.2, -0.15) is 0 Å². The van der Waals surface area contributed by atoms with Crippen molar-refractivity contribution in [2.45, 2.75) is 57.9 Å². The number of fused-ring (bicyclic) bond motifs is 1. The summed E-state index contributed by atoms with van der Waals surface area (Å²) in [4.78, 5) is 30.9. The number of hydrogen-bond acceptors (Lipinski definition) is 8. The number of likely N-dealkylation sites (N-methyl/N-ethyl adjacent to an activating group) is 2. The molecule has 9 heteroatoms. The van der Waals surface area contributed by atoms with Crippen molar-refractivity contribution in [1.82, 2.24) is 30.9 Å². The normalized spacial score (nSPS) is 28.5. The third-order valence-corrected chi connectivity index (χ3v) is 7.30. The minimum atomic E-state index is -0.413. The van der Waals surface area contributed by atoms with Crippen LogP contribution >= 0.6 is 0 Å². The van der Waals surface area contributed by atoms with Crippen molar-refractivity contribution in [1.29, 1.82) is 0 Å². The standard InChI is InChI=1S/C25H40N6O3/c1-5-8-19-22-23(29(4)28-19)25(33)27-24(26-22)18-15-17(9-10-21(18)34-7-3)20(32)16-31-13-11-30(6-2)12-14-31/h9-10,15,19,22-24,26,28H,5-8,11-14,16H2,1-4H3,(H,27,33). The van der Waals surface area contributed by atoms with Crippen LogP contribution in [0.4, 0.5) is 0 Å². The van der Waals surface area contributed by atoms with Crippen molar-refractivity contribution in [3.8, 4) is 5.75 Å². The first-order valence-electron chi connectivity index (χ1n) is 12.7. The summed E-state index contributed by atoms with van der Waals surface area (Å²) in [5.74, 6) is 0.772. The SMILES string of the molecule is CCCC1NN(C)C2C(=O)NC(c3cc(C(=O)CN4CCN(CC)CC4)ccc3OCC)NC12. The van der Waals surface area contributed by atoms with Crippen LogP contribution in [0.5, 0.6) is 5.75 Å². The highest BCUT2D eigenvalue weighted by atomic mass is 16.5. The first-order chi connectivity index (χ1) is 16.4. The van der Waals surface area contributed by atoms with E-state index in [1.807, 2.05) is 37.2 Å². The number of piperazine rings is 1. The lowest BCUT2D eigenvalue weighted by molar-refractivity contribution is -0.129. The number of ketones is 1. The molecule has 1 aromatic rings. The predicted molar refractivity (Wildman–Crippen MR) is 132 cm³/mol. The van der Waals surface area contributed by atoms with Crippen LogP contribution in [0.3, 0.4) is 0 Å². The van der Waals surface area contributed by atoms with Crippen molar-refractivity contribution in [3.63, 3.8) is 0 Å². The van der Waals surface area contributed by atoms with Crippen LogP contribution in [0.1, 0.15) is 55.7 Å². The van der Waals surface area contributed by atoms with Gasteiger partial charge in [0, 0.05) is 50.4 Å². The third-order valence-electron chi connectivity index (χ3n) is 7.30. The zero-order chi connectivity index (χ0) is 24.2. The van der Waals surface area contributed by atoms with Crippen molar-refractivity contribution < 1.29 is 14.3 Å². The topological polar surface area (TPSA) is 89.2 Å². The molecule has 3 N–H and O–H groups in total. The van der Waals surface area contributed by atoms with Crippen LogP contribution in [0.25, 0.3) is 0 Å². The maximum Gasteiger partial charge on any atom is 0.241 e. The van der Waals surface area contributed by atoms with E-state index in [0.717, 1.165) is 51.1 Å². The molecule has 3 aliphatic rings. The van der Waals surface area contributed by atoms with E-state index in [-0.39, 0.29) is 29.8 Å². The molecule has 9 nitrogen and oxygen atoms in total. The number of benzene rings is 1. The fraction of sp³-hybridized carbons (Fsp3) is 0.680. The van der Waals surface area contributed by atoms with Crippen LogP contribution < -0.4 is 20.8 Å². The first kappa shape index (κ1) is 25.1. The quantitative estimate of drug-likeness (QED) is 0.459. The van der Waals surface area contributed by atoms with Gasteiger partial charge >= 0.3 is 0 Å². The molecule has 0 saturated carbocycles. The van der Waals surface area contributed by atoms with Gasteiger partial charge in [-0.1, -0.05) is 20.3 Å². The van der Waals surface area contributed by atoms with Crippen molar-refractivity contribution in [2.75, 3.05) is 52.9 Å². The molecule has 188 valence electrons. The molecule has 0 spiro atoms. The second kappa shape index (κ2) is 11.1. The fourth-order valence-corrected chi connectivity index (χ4v) is 5.41. The van der Waals surface area contributed by atoms with E-state index >= 15 is 0 Å². The van der Waals surface area contributed by atoms with Gasteiger partial charge in [-0.15, -0.1) is 0 Å². The molecule has 4 unspecified atom stereocenters. The van der Waals surface area contributed by atoms with E-state index < -0.39 is 6.17 Å². The summed E-state index contributed by atoms with van der Waals surface area (Å²) in [6.07, 6.45) is 1.59. The van der Waals surface area contributed by atoms with Gasteiger partial charge in [0.1, 0.15) is 18.0 Å². The summed E-state index contributed by atoms with van der Waals surface area (Å²) in [7, 11) is 1.92. The summed E-state index contributed by atoms with van der Waals surface area (Å²) < 4.78 is 5.90. The zero-order valence-electron chi connectivity index (χ0n) is 21.0. The number of ether oxygens (including phenoxy) is 1. The molecule has 34 heavy (non-hydrogen) atoms. The summed E-state index contributed by atoms with van der Waals surface area (Å²) in [6.45, 7) is 12.1. The van der Waals surface area contributed by atoms with Crippen LogP contribution in [0, 0.1) is 0 Å². The van der Waals surface area contributed by atoms with Gasteiger partial charge in [0.25, 0.3) is 0 Å². The number of carbonyl (C=O) groups excluding carboxylic acids is 2. The van der Waals surface area contributed by atoms with E-state index in [4.69, 9.17) is 4.74 Å². The second-order valence-electron chi connectivity index (χ2n) is 9.53. The van der Waals surface area contributed by atoms with Crippen LogP contribution in [0.15, 0.2) is 18.2 Å². The van der Waals surface area contributed by atoms with Gasteiger partial charge < -0.3 is 15.0 Å². The number of hydrogen-bond donors (Lipinski definition) is 3. The molecule has 1 aromatic carbocycles. The lowest BCUT2D eigenvalue weighted by atomic mass is 9.94. The van der Waals surface area contributed by atoms with Gasteiger partial charge in [-0.25, -0.2) is 10.4 Å². The molecule has 0 bridgehead atoms. The highest BCUT2D eigenvalue weighted by Crippen LogP contribution is 2.31. The Morgan fingerprint density at radius 3 is 2.53 bits per heavy atom. The average molecular weight is 473 g/mol.